The number of nitrogens with zero attached hydrogens (tertiary/aromatic N) is 1. The molecule has 3 nitrogen and oxygen atoms in total. The molecule has 0 unspecified atom stereocenters. The van der Waals surface area contributed by atoms with Crippen LogP contribution in [0.1, 0.15) is 12.0 Å². The molecule has 0 radical (unpaired) electrons. The Bertz CT molecular complexity index is 585. The van der Waals surface area contributed by atoms with Crippen molar-refractivity contribution in [1.29, 1.82) is 0 Å². The second-order valence-electron chi connectivity index (χ2n) is 5.02. The molecule has 1 aliphatic heterocycles. The smallest absolute Gasteiger partial charge is 0.0589 e. The van der Waals surface area contributed by atoms with Crippen molar-refractivity contribution < 1.29 is 4.74 Å². The summed E-state index contributed by atoms with van der Waals surface area (Å²) in [7, 11) is 1.76. The second-order valence-corrected chi connectivity index (χ2v) is 5.02. The van der Waals surface area contributed by atoms with E-state index in [2.05, 4.69) is 46.4 Å². The van der Waals surface area contributed by atoms with Crippen LogP contribution in [0.25, 0.3) is 16.5 Å². The second kappa shape index (κ2) is 5.59. The number of hydrogen-bond donors (Lipinski definition) is 1. The average molecular weight is 256 g/mol. The van der Waals surface area contributed by atoms with Crippen LogP contribution in [0.3, 0.4) is 0 Å². The van der Waals surface area contributed by atoms with Gasteiger partial charge < -0.3 is 9.72 Å². The van der Waals surface area contributed by atoms with E-state index < -0.39 is 0 Å². The van der Waals surface area contributed by atoms with Crippen LogP contribution in [0.5, 0.6) is 0 Å². The van der Waals surface area contributed by atoms with E-state index in [0.29, 0.717) is 0 Å². The summed E-state index contributed by atoms with van der Waals surface area (Å²) < 4.78 is 5.13. The lowest BCUT2D eigenvalue weighted by atomic mass is 9.99. The summed E-state index contributed by atoms with van der Waals surface area (Å²) in [5.41, 5.74) is 4.05. The maximum atomic E-state index is 5.13. The van der Waals surface area contributed by atoms with Gasteiger partial charge in [0.05, 0.1) is 6.61 Å². The van der Waals surface area contributed by atoms with Crippen LogP contribution in [0, 0.1) is 0 Å². The molecule has 1 aromatic heterocycles. The Morgan fingerprint density at radius 2 is 2.21 bits per heavy atom. The van der Waals surface area contributed by atoms with Crippen LogP contribution in [-0.4, -0.2) is 43.2 Å². The zero-order valence-electron chi connectivity index (χ0n) is 11.4. The van der Waals surface area contributed by atoms with E-state index in [1.165, 1.54) is 22.0 Å². The molecule has 0 aliphatic carbocycles. The first kappa shape index (κ1) is 12.5. The van der Waals surface area contributed by atoms with Gasteiger partial charge in [-0.2, -0.15) is 0 Å². The van der Waals surface area contributed by atoms with Gasteiger partial charge in [0.15, 0.2) is 0 Å². The number of para-hydroxylation sites is 1. The van der Waals surface area contributed by atoms with Crippen LogP contribution in [0.15, 0.2) is 36.5 Å². The third-order valence-corrected chi connectivity index (χ3v) is 3.84. The first-order valence-electron chi connectivity index (χ1n) is 6.85. The third-order valence-electron chi connectivity index (χ3n) is 3.84. The Kier molecular flexibility index (Phi) is 3.67. The molecular formula is C16H20N2O. The van der Waals surface area contributed by atoms with Gasteiger partial charge in [-0.05, 0) is 18.1 Å². The highest BCUT2D eigenvalue weighted by Crippen LogP contribution is 2.28. The standard InChI is InChI=1S/C16H20N2O/c1-19-11-10-18-8-6-13(7-9-18)15-12-17-16-5-3-2-4-14(15)16/h2-6,12,17H,7-11H2,1H3. The van der Waals surface area contributed by atoms with Gasteiger partial charge in [0.25, 0.3) is 0 Å². The van der Waals surface area contributed by atoms with E-state index >= 15 is 0 Å². The summed E-state index contributed by atoms with van der Waals surface area (Å²) in [6.07, 6.45) is 5.61. The summed E-state index contributed by atoms with van der Waals surface area (Å²) in [6, 6.07) is 8.50. The van der Waals surface area contributed by atoms with Crippen LogP contribution in [0.2, 0.25) is 0 Å². The predicted octanol–water partition coefficient (Wildman–Crippen LogP) is 2.90. The zero-order chi connectivity index (χ0) is 13.1. The fourth-order valence-corrected chi connectivity index (χ4v) is 2.72. The first-order chi connectivity index (χ1) is 9.38. The molecule has 0 bridgehead atoms. The van der Waals surface area contributed by atoms with E-state index in [1.54, 1.807) is 7.11 Å². The van der Waals surface area contributed by atoms with Crippen molar-refractivity contribution in [2.24, 2.45) is 0 Å². The highest BCUT2D eigenvalue weighted by atomic mass is 16.5. The Hall–Kier alpha value is -1.58. The highest BCUT2D eigenvalue weighted by Gasteiger charge is 2.14. The Morgan fingerprint density at radius 1 is 1.32 bits per heavy atom. The topological polar surface area (TPSA) is 28.3 Å². The minimum absolute atomic E-state index is 0.816. The van der Waals surface area contributed by atoms with Crippen LogP contribution >= 0.6 is 0 Å². The Labute approximate surface area is 113 Å². The molecule has 2 aromatic rings. The van der Waals surface area contributed by atoms with Gasteiger partial charge in [0, 0.05) is 49.4 Å². The van der Waals surface area contributed by atoms with Crippen molar-refractivity contribution in [1.82, 2.24) is 9.88 Å². The minimum atomic E-state index is 0.816. The molecule has 0 saturated heterocycles. The Balaban J connectivity index is 1.78. The van der Waals surface area contributed by atoms with E-state index in [-0.39, 0.29) is 0 Å². The Morgan fingerprint density at radius 3 is 3.00 bits per heavy atom. The monoisotopic (exact) mass is 256 g/mol. The summed E-state index contributed by atoms with van der Waals surface area (Å²) in [5.74, 6) is 0. The SMILES string of the molecule is COCCN1CC=C(c2c[nH]c3ccccc23)CC1. The number of methoxy groups -OCH3 is 1. The first-order valence-corrected chi connectivity index (χ1v) is 6.85. The molecule has 1 aliphatic rings. The number of fused-ring (bicyclic) bond motifs is 1. The van der Waals surface area contributed by atoms with E-state index in [4.69, 9.17) is 4.74 Å². The number of hydrogen-bond acceptors (Lipinski definition) is 2. The molecular weight excluding hydrogens is 236 g/mol. The summed E-state index contributed by atoms with van der Waals surface area (Å²) in [4.78, 5) is 5.79. The maximum absolute atomic E-state index is 5.13. The van der Waals surface area contributed by atoms with Crippen LogP contribution < -0.4 is 0 Å². The minimum Gasteiger partial charge on any atom is -0.383 e. The van der Waals surface area contributed by atoms with E-state index in [9.17, 15) is 0 Å². The van der Waals surface area contributed by atoms with Crippen LogP contribution in [0.4, 0.5) is 0 Å². The average Bonchev–Trinajstić information content (AvgIpc) is 2.90. The lowest BCUT2D eigenvalue weighted by molar-refractivity contribution is 0.154. The van der Waals surface area contributed by atoms with Gasteiger partial charge in [-0.3, -0.25) is 4.90 Å². The predicted molar refractivity (Wildman–Crippen MR) is 79.2 cm³/mol. The molecule has 0 saturated carbocycles. The molecule has 3 heteroatoms. The molecule has 1 aromatic carbocycles. The number of ether oxygens (including phenoxy) is 1. The van der Waals surface area contributed by atoms with Gasteiger partial charge in [-0.25, -0.2) is 0 Å². The largest absolute Gasteiger partial charge is 0.383 e. The fourth-order valence-electron chi connectivity index (χ4n) is 2.72. The number of nitrogens with one attached hydrogen (secondary N) is 1. The van der Waals surface area contributed by atoms with E-state index in [0.717, 1.165) is 32.7 Å². The highest BCUT2D eigenvalue weighted by molar-refractivity contribution is 5.92. The number of rotatable bonds is 4. The van der Waals surface area contributed by atoms with Crippen molar-refractivity contribution in [3.63, 3.8) is 0 Å². The summed E-state index contributed by atoms with van der Waals surface area (Å²) in [5, 5.41) is 1.33. The quantitative estimate of drug-likeness (QED) is 0.911. The van der Waals surface area contributed by atoms with Crippen molar-refractivity contribution in [2.45, 2.75) is 6.42 Å². The zero-order valence-corrected chi connectivity index (χ0v) is 11.4. The normalized spacial score (nSPS) is 16.8. The van der Waals surface area contributed by atoms with Crippen molar-refractivity contribution >= 4 is 16.5 Å². The molecule has 2 heterocycles. The molecule has 0 spiro atoms. The number of aromatic amines is 1. The maximum Gasteiger partial charge on any atom is 0.0589 e. The van der Waals surface area contributed by atoms with Crippen molar-refractivity contribution in [3.8, 4) is 0 Å². The van der Waals surface area contributed by atoms with Gasteiger partial charge >= 0.3 is 0 Å². The third kappa shape index (κ3) is 2.57. The molecule has 0 fully saturated rings. The lowest BCUT2D eigenvalue weighted by Gasteiger charge is -2.25. The van der Waals surface area contributed by atoms with E-state index in [1.807, 2.05) is 0 Å². The molecule has 0 atom stereocenters. The van der Waals surface area contributed by atoms with Gasteiger partial charge in [0.2, 0.25) is 0 Å². The van der Waals surface area contributed by atoms with Crippen molar-refractivity contribution in [3.05, 3.63) is 42.1 Å². The molecule has 19 heavy (non-hydrogen) atoms. The molecule has 3 rings (SSSR count). The summed E-state index contributed by atoms with van der Waals surface area (Å²) >= 11 is 0. The molecule has 1 N–H and O–H groups in total. The van der Waals surface area contributed by atoms with Gasteiger partial charge in [-0.1, -0.05) is 24.3 Å². The number of benzene rings is 1. The summed E-state index contributed by atoms with van der Waals surface area (Å²) in [6.45, 7) is 3.98. The van der Waals surface area contributed by atoms with Gasteiger partial charge in [-0.15, -0.1) is 0 Å². The molecule has 0 amide bonds. The van der Waals surface area contributed by atoms with Gasteiger partial charge in [0.1, 0.15) is 0 Å². The van der Waals surface area contributed by atoms with Crippen LogP contribution in [-0.2, 0) is 4.74 Å². The fraction of sp³-hybridized carbons (Fsp3) is 0.375. The number of H-pyrrole nitrogens is 1. The molecule has 100 valence electrons. The number of aromatic nitrogens is 1. The van der Waals surface area contributed by atoms with Crippen molar-refractivity contribution in [2.75, 3.05) is 33.4 Å². The lowest BCUT2D eigenvalue weighted by Crippen LogP contribution is -2.31.